The lowest BCUT2D eigenvalue weighted by Gasteiger charge is -2.41. The van der Waals surface area contributed by atoms with Crippen LogP contribution in [0, 0.1) is 5.92 Å². The smallest absolute Gasteiger partial charge is 0.222 e. The van der Waals surface area contributed by atoms with Crippen molar-refractivity contribution in [2.24, 2.45) is 5.92 Å². The first-order chi connectivity index (χ1) is 15.3. The van der Waals surface area contributed by atoms with Gasteiger partial charge in [-0.05, 0) is 56.2 Å². The van der Waals surface area contributed by atoms with Crippen molar-refractivity contribution in [2.45, 2.75) is 76.9 Å². The van der Waals surface area contributed by atoms with Crippen molar-refractivity contribution >= 4 is 5.91 Å². The van der Waals surface area contributed by atoms with Crippen LogP contribution in [0.2, 0.25) is 0 Å². The van der Waals surface area contributed by atoms with E-state index in [9.17, 15) is 4.79 Å². The summed E-state index contributed by atoms with van der Waals surface area (Å²) in [6.07, 6.45) is 17.6. The number of nitrogens with zero attached hydrogens (tertiary/aromatic N) is 6. The van der Waals surface area contributed by atoms with Crippen molar-refractivity contribution in [3.8, 4) is 0 Å². The van der Waals surface area contributed by atoms with Crippen molar-refractivity contribution in [1.82, 2.24) is 29.5 Å². The molecule has 2 aromatic heterocycles. The van der Waals surface area contributed by atoms with Crippen LogP contribution in [0.25, 0.3) is 0 Å². The molecule has 1 aliphatic carbocycles. The van der Waals surface area contributed by atoms with Crippen LogP contribution in [0.4, 0.5) is 0 Å². The lowest BCUT2D eigenvalue weighted by atomic mass is 9.90. The Balaban J connectivity index is 1.35. The summed E-state index contributed by atoms with van der Waals surface area (Å²) < 4.78 is 1.79. The first-order valence-electron chi connectivity index (χ1n) is 12.0. The largest absolute Gasteiger partial charge is 0.338 e. The molecule has 3 heterocycles. The molecule has 0 N–H and O–H groups in total. The summed E-state index contributed by atoms with van der Waals surface area (Å²) in [7, 11) is 0. The van der Waals surface area contributed by atoms with E-state index in [2.05, 4.69) is 30.9 Å². The molecule has 2 aliphatic rings. The molecule has 2 fully saturated rings. The molecule has 0 bridgehead atoms. The fourth-order valence-corrected chi connectivity index (χ4v) is 5.20. The molecule has 7 nitrogen and oxygen atoms in total. The fourth-order valence-electron chi connectivity index (χ4n) is 5.20. The van der Waals surface area contributed by atoms with Gasteiger partial charge in [-0.2, -0.15) is 5.10 Å². The van der Waals surface area contributed by atoms with Crippen LogP contribution < -0.4 is 0 Å². The predicted molar refractivity (Wildman–Crippen MR) is 120 cm³/mol. The van der Waals surface area contributed by atoms with Crippen LogP contribution in [-0.2, 0) is 17.9 Å². The van der Waals surface area contributed by atoms with Gasteiger partial charge in [0.25, 0.3) is 0 Å². The number of carbonyl (C=O) groups is 1. The topological polar surface area (TPSA) is 67.2 Å². The highest BCUT2D eigenvalue weighted by Gasteiger charge is 2.29. The van der Waals surface area contributed by atoms with Gasteiger partial charge in [-0.15, -0.1) is 0 Å². The molecule has 1 atom stereocenters. The number of pyridine rings is 1. The number of hydrogen-bond acceptors (Lipinski definition) is 5. The Morgan fingerprint density at radius 1 is 1.13 bits per heavy atom. The summed E-state index contributed by atoms with van der Waals surface area (Å²) in [6, 6.07) is 4.79. The van der Waals surface area contributed by atoms with Gasteiger partial charge in [0, 0.05) is 51.0 Å². The number of aromatic nitrogens is 4. The maximum absolute atomic E-state index is 13.2. The van der Waals surface area contributed by atoms with E-state index in [1.165, 1.54) is 57.8 Å². The second-order valence-electron chi connectivity index (χ2n) is 9.19. The van der Waals surface area contributed by atoms with Gasteiger partial charge in [-0.3, -0.25) is 14.5 Å². The highest BCUT2D eigenvalue weighted by molar-refractivity contribution is 5.76. The van der Waals surface area contributed by atoms with Gasteiger partial charge in [-0.1, -0.05) is 25.3 Å². The van der Waals surface area contributed by atoms with Crippen LogP contribution in [0.3, 0.4) is 0 Å². The van der Waals surface area contributed by atoms with E-state index < -0.39 is 0 Å². The maximum atomic E-state index is 13.2. The SMILES string of the molecule is O=C(CCCn1cncn1)N(Cc1cccnc1)C[C@H]1CCCN(C2CCCCC2)C1. The Bertz CT molecular complexity index is 775. The van der Waals surface area contributed by atoms with Crippen molar-refractivity contribution in [1.29, 1.82) is 0 Å². The van der Waals surface area contributed by atoms with Crippen molar-refractivity contribution < 1.29 is 4.79 Å². The number of hydrogen-bond donors (Lipinski definition) is 0. The molecular formula is C24H36N6O. The summed E-state index contributed by atoms with van der Waals surface area (Å²) in [6.45, 7) is 4.59. The zero-order valence-corrected chi connectivity index (χ0v) is 18.6. The second kappa shape index (κ2) is 11.4. The molecule has 4 rings (SSSR count). The first-order valence-corrected chi connectivity index (χ1v) is 12.0. The van der Waals surface area contributed by atoms with Gasteiger partial charge in [0.05, 0.1) is 0 Å². The number of likely N-dealkylation sites (tertiary alicyclic amines) is 1. The third kappa shape index (κ3) is 6.60. The lowest BCUT2D eigenvalue weighted by molar-refractivity contribution is -0.133. The predicted octanol–water partition coefficient (Wildman–Crippen LogP) is 3.53. The molecule has 0 aromatic carbocycles. The third-order valence-electron chi connectivity index (χ3n) is 6.81. The van der Waals surface area contributed by atoms with Crippen molar-refractivity contribution in [2.75, 3.05) is 19.6 Å². The molecule has 1 saturated heterocycles. The number of rotatable bonds is 9. The summed E-state index contributed by atoms with van der Waals surface area (Å²) in [5, 5.41) is 4.14. The van der Waals surface area contributed by atoms with Gasteiger partial charge >= 0.3 is 0 Å². The molecule has 2 aromatic rings. The number of piperidine rings is 1. The van der Waals surface area contributed by atoms with Gasteiger partial charge < -0.3 is 9.80 Å². The van der Waals surface area contributed by atoms with Gasteiger partial charge in [0.2, 0.25) is 5.91 Å². The van der Waals surface area contributed by atoms with Crippen LogP contribution in [0.5, 0.6) is 0 Å². The highest BCUT2D eigenvalue weighted by atomic mass is 16.2. The van der Waals surface area contributed by atoms with Crippen molar-refractivity contribution in [3.05, 3.63) is 42.7 Å². The molecule has 7 heteroatoms. The molecule has 0 unspecified atom stereocenters. The third-order valence-corrected chi connectivity index (χ3v) is 6.81. The summed E-state index contributed by atoms with van der Waals surface area (Å²) in [4.78, 5) is 26.2. The van der Waals surface area contributed by atoms with E-state index in [4.69, 9.17) is 0 Å². The molecule has 1 saturated carbocycles. The van der Waals surface area contributed by atoms with Crippen LogP contribution in [0.1, 0.15) is 63.4 Å². The average Bonchev–Trinajstić information content (AvgIpc) is 3.34. The zero-order chi connectivity index (χ0) is 21.3. The summed E-state index contributed by atoms with van der Waals surface area (Å²) >= 11 is 0. The Labute approximate surface area is 185 Å². The van der Waals surface area contributed by atoms with E-state index in [1.807, 2.05) is 12.3 Å². The van der Waals surface area contributed by atoms with Gasteiger partial charge in [-0.25, -0.2) is 4.98 Å². The minimum absolute atomic E-state index is 0.235. The number of carbonyl (C=O) groups excluding carboxylic acids is 1. The molecule has 1 aliphatic heterocycles. The van der Waals surface area contributed by atoms with Gasteiger partial charge in [0.15, 0.2) is 0 Å². The molecule has 0 spiro atoms. The lowest BCUT2D eigenvalue weighted by Crippen LogP contribution is -2.47. The first kappa shape index (κ1) is 21.9. The normalized spacial score (nSPS) is 20.6. The fraction of sp³-hybridized carbons (Fsp3) is 0.667. The average molecular weight is 425 g/mol. The van der Waals surface area contributed by atoms with E-state index >= 15 is 0 Å². The Kier molecular flexibility index (Phi) is 8.04. The number of aryl methyl sites for hydroxylation is 1. The Hall–Kier alpha value is -2.28. The molecule has 168 valence electrons. The maximum Gasteiger partial charge on any atom is 0.222 e. The summed E-state index contributed by atoms with van der Waals surface area (Å²) in [5.41, 5.74) is 1.10. The molecule has 1 amide bonds. The van der Waals surface area contributed by atoms with E-state index in [0.29, 0.717) is 18.9 Å². The second-order valence-corrected chi connectivity index (χ2v) is 9.19. The minimum atomic E-state index is 0.235. The molecule has 31 heavy (non-hydrogen) atoms. The minimum Gasteiger partial charge on any atom is -0.338 e. The van der Waals surface area contributed by atoms with Crippen LogP contribution >= 0.6 is 0 Å². The Morgan fingerprint density at radius 2 is 2.03 bits per heavy atom. The van der Waals surface area contributed by atoms with E-state index in [-0.39, 0.29) is 5.91 Å². The summed E-state index contributed by atoms with van der Waals surface area (Å²) in [5.74, 6) is 0.797. The van der Waals surface area contributed by atoms with Crippen molar-refractivity contribution in [3.63, 3.8) is 0 Å². The van der Waals surface area contributed by atoms with E-state index in [0.717, 1.165) is 37.7 Å². The standard InChI is InChI=1S/C24H36N6O/c31-24(11-6-14-30-20-26-19-27-30)29(16-21-7-4-12-25-15-21)18-22-8-5-13-28(17-22)23-9-2-1-3-10-23/h4,7,12,15,19-20,22-23H,1-3,5-6,8-11,13-14,16-18H2/t22-/m0/s1. The van der Waals surface area contributed by atoms with Crippen LogP contribution in [0.15, 0.2) is 37.2 Å². The quantitative estimate of drug-likeness (QED) is 0.616. The van der Waals surface area contributed by atoms with E-state index in [1.54, 1.807) is 17.2 Å². The van der Waals surface area contributed by atoms with Gasteiger partial charge in [0.1, 0.15) is 12.7 Å². The zero-order valence-electron chi connectivity index (χ0n) is 18.6. The number of amides is 1. The molecular weight excluding hydrogens is 388 g/mol. The van der Waals surface area contributed by atoms with Crippen LogP contribution in [-0.4, -0.2) is 61.1 Å². The monoisotopic (exact) mass is 424 g/mol. The molecule has 0 radical (unpaired) electrons. The Morgan fingerprint density at radius 3 is 2.81 bits per heavy atom. The highest BCUT2D eigenvalue weighted by Crippen LogP contribution is 2.28.